The van der Waals surface area contributed by atoms with E-state index >= 15 is 0 Å². The second kappa shape index (κ2) is 6.83. The molecule has 1 aromatic rings. The summed E-state index contributed by atoms with van der Waals surface area (Å²) in [5.41, 5.74) is 0. The lowest BCUT2D eigenvalue weighted by atomic mass is 10.1. The van der Waals surface area contributed by atoms with Gasteiger partial charge < -0.3 is 14.5 Å². The molecule has 1 heterocycles. The molecule has 1 fully saturated rings. The Kier molecular flexibility index (Phi) is 5.11. The van der Waals surface area contributed by atoms with Gasteiger partial charge in [-0.3, -0.25) is 4.79 Å². The lowest BCUT2D eigenvalue weighted by Crippen LogP contribution is -2.33. The molecule has 6 heteroatoms. The van der Waals surface area contributed by atoms with E-state index < -0.39 is 6.10 Å². The van der Waals surface area contributed by atoms with Crippen LogP contribution in [-0.4, -0.2) is 45.8 Å². The first-order chi connectivity index (χ1) is 9.56. The van der Waals surface area contributed by atoms with Gasteiger partial charge in [0.1, 0.15) is 0 Å². The molecule has 0 spiro atoms. The van der Waals surface area contributed by atoms with Crippen LogP contribution in [-0.2, 0) is 11.2 Å². The number of amides is 1. The zero-order chi connectivity index (χ0) is 14.5. The van der Waals surface area contributed by atoms with Crippen LogP contribution in [0, 0.1) is 0 Å². The molecular weight excluding hydrogens is 258 g/mol. The Morgan fingerprint density at radius 3 is 2.85 bits per heavy atom. The number of carbonyl (C=O) groups is 1. The highest BCUT2D eigenvalue weighted by atomic mass is 16.5. The number of hydrogen-bond acceptors (Lipinski definition) is 5. The van der Waals surface area contributed by atoms with Crippen molar-refractivity contribution >= 4 is 5.91 Å². The molecule has 1 aliphatic rings. The fraction of sp³-hybridized carbons (Fsp3) is 0.786. The molecule has 1 unspecified atom stereocenters. The van der Waals surface area contributed by atoms with Gasteiger partial charge in [0.25, 0.3) is 0 Å². The second-order valence-electron chi connectivity index (χ2n) is 5.65. The summed E-state index contributed by atoms with van der Waals surface area (Å²) in [6.45, 7) is 2.01. The van der Waals surface area contributed by atoms with Crippen molar-refractivity contribution in [2.45, 2.75) is 57.5 Å². The van der Waals surface area contributed by atoms with Gasteiger partial charge in [0.05, 0.1) is 6.10 Å². The van der Waals surface area contributed by atoms with Gasteiger partial charge in [0.2, 0.25) is 11.8 Å². The maximum absolute atomic E-state index is 11.8. The van der Waals surface area contributed by atoms with Crippen LogP contribution in [0.4, 0.5) is 0 Å². The predicted octanol–water partition coefficient (Wildman–Crippen LogP) is 1.50. The number of aromatic nitrogens is 2. The van der Waals surface area contributed by atoms with Crippen LogP contribution in [0.1, 0.15) is 56.7 Å². The normalized spacial score (nSPS) is 17.4. The van der Waals surface area contributed by atoms with E-state index in [1.807, 2.05) is 0 Å². The number of carbonyl (C=O) groups excluding carboxylic acids is 1. The molecular formula is C14H23N3O3. The second-order valence-corrected chi connectivity index (χ2v) is 5.65. The monoisotopic (exact) mass is 281 g/mol. The highest BCUT2D eigenvalue weighted by molar-refractivity contribution is 5.76. The molecule has 0 aliphatic heterocycles. The van der Waals surface area contributed by atoms with Crippen molar-refractivity contribution in [1.82, 2.24) is 15.0 Å². The van der Waals surface area contributed by atoms with E-state index in [4.69, 9.17) is 4.52 Å². The molecule has 1 atom stereocenters. The van der Waals surface area contributed by atoms with Crippen LogP contribution in [0.5, 0.6) is 0 Å². The molecule has 20 heavy (non-hydrogen) atoms. The Labute approximate surface area is 119 Å². The summed E-state index contributed by atoms with van der Waals surface area (Å²) in [6, 6.07) is 0. The van der Waals surface area contributed by atoms with Gasteiger partial charge in [0.15, 0.2) is 5.82 Å². The van der Waals surface area contributed by atoms with Crippen LogP contribution in [0.2, 0.25) is 0 Å². The molecule has 112 valence electrons. The molecule has 1 saturated carbocycles. The molecule has 0 radical (unpaired) electrons. The van der Waals surface area contributed by atoms with Crippen LogP contribution in [0.3, 0.4) is 0 Å². The zero-order valence-corrected chi connectivity index (χ0v) is 12.2. The van der Waals surface area contributed by atoms with Crippen molar-refractivity contribution in [1.29, 1.82) is 0 Å². The Hall–Kier alpha value is -1.43. The maximum atomic E-state index is 11.8. The van der Waals surface area contributed by atoms with Crippen LogP contribution in [0.15, 0.2) is 4.52 Å². The molecule has 0 bridgehead atoms. The molecule has 2 rings (SSSR count). The predicted molar refractivity (Wildman–Crippen MR) is 73.1 cm³/mol. The Morgan fingerprint density at radius 1 is 1.50 bits per heavy atom. The molecule has 6 nitrogen and oxygen atoms in total. The summed E-state index contributed by atoms with van der Waals surface area (Å²) in [4.78, 5) is 17.8. The van der Waals surface area contributed by atoms with Crippen LogP contribution in [0.25, 0.3) is 0 Å². The number of hydrogen-bond donors (Lipinski definition) is 1. The van der Waals surface area contributed by atoms with Gasteiger partial charge in [-0.15, -0.1) is 0 Å². The molecule has 0 aromatic carbocycles. The minimum Gasteiger partial charge on any atom is -0.392 e. The third kappa shape index (κ3) is 4.03. The number of rotatable bonds is 6. The van der Waals surface area contributed by atoms with Crippen molar-refractivity contribution in [3.05, 3.63) is 11.7 Å². The van der Waals surface area contributed by atoms with Gasteiger partial charge >= 0.3 is 0 Å². The minimum absolute atomic E-state index is 0.0217. The van der Waals surface area contributed by atoms with Gasteiger partial charge in [0, 0.05) is 32.4 Å². The molecule has 0 saturated heterocycles. The van der Waals surface area contributed by atoms with Crippen molar-refractivity contribution < 1.29 is 14.4 Å². The summed E-state index contributed by atoms with van der Waals surface area (Å²) in [5.74, 6) is 1.74. The van der Waals surface area contributed by atoms with Crippen molar-refractivity contribution in [2.75, 3.05) is 13.6 Å². The van der Waals surface area contributed by atoms with Gasteiger partial charge in [-0.1, -0.05) is 18.0 Å². The quantitative estimate of drug-likeness (QED) is 0.854. The summed E-state index contributed by atoms with van der Waals surface area (Å²) >= 11 is 0. The smallest absolute Gasteiger partial charge is 0.227 e. The standard InChI is InChI=1S/C14H23N3O3/c1-10(18)9-17(2)13(19)8-7-12-15-14(16-20-12)11-5-3-4-6-11/h10-11,18H,3-9H2,1-2H3. The summed E-state index contributed by atoms with van der Waals surface area (Å²) in [7, 11) is 1.69. The van der Waals surface area contributed by atoms with E-state index in [-0.39, 0.29) is 5.91 Å². The molecule has 1 aliphatic carbocycles. The summed E-state index contributed by atoms with van der Waals surface area (Å²) in [6.07, 6.45) is 5.01. The molecule has 1 aromatic heterocycles. The summed E-state index contributed by atoms with van der Waals surface area (Å²) in [5, 5.41) is 13.3. The van der Waals surface area contributed by atoms with E-state index in [2.05, 4.69) is 10.1 Å². The Bertz CT molecular complexity index is 439. The fourth-order valence-electron chi connectivity index (χ4n) is 2.62. The van der Waals surface area contributed by atoms with Crippen LogP contribution >= 0.6 is 0 Å². The molecule has 1 amide bonds. The van der Waals surface area contributed by atoms with Crippen molar-refractivity contribution in [3.63, 3.8) is 0 Å². The average molecular weight is 281 g/mol. The van der Waals surface area contributed by atoms with E-state index in [0.717, 1.165) is 18.7 Å². The number of aliphatic hydroxyl groups excluding tert-OH is 1. The minimum atomic E-state index is -0.513. The lowest BCUT2D eigenvalue weighted by molar-refractivity contribution is -0.131. The number of aryl methyl sites for hydroxylation is 1. The van der Waals surface area contributed by atoms with Gasteiger partial charge in [-0.2, -0.15) is 4.98 Å². The molecule has 1 N–H and O–H groups in total. The van der Waals surface area contributed by atoms with Crippen molar-refractivity contribution in [3.8, 4) is 0 Å². The average Bonchev–Trinajstić information content (AvgIpc) is 3.05. The van der Waals surface area contributed by atoms with E-state index in [9.17, 15) is 9.90 Å². The highest BCUT2D eigenvalue weighted by Crippen LogP contribution is 2.32. The van der Waals surface area contributed by atoms with E-state index in [0.29, 0.717) is 31.2 Å². The first-order valence-corrected chi connectivity index (χ1v) is 7.30. The first kappa shape index (κ1) is 15.0. The zero-order valence-electron chi connectivity index (χ0n) is 12.2. The maximum Gasteiger partial charge on any atom is 0.227 e. The third-order valence-electron chi connectivity index (χ3n) is 3.72. The van der Waals surface area contributed by atoms with E-state index in [1.165, 1.54) is 17.7 Å². The largest absolute Gasteiger partial charge is 0.392 e. The van der Waals surface area contributed by atoms with Gasteiger partial charge in [-0.05, 0) is 19.8 Å². The number of nitrogens with zero attached hydrogens (tertiary/aromatic N) is 3. The number of likely N-dealkylation sites (N-methyl/N-ethyl adjacent to an activating group) is 1. The third-order valence-corrected chi connectivity index (χ3v) is 3.72. The van der Waals surface area contributed by atoms with E-state index in [1.54, 1.807) is 14.0 Å². The van der Waals surface area contributed by atoms with Crippen LogP contribution < -0.4 is 0 Å². The van der Waals surface area contributed by atoms with Gasteiger partial charge in [-0.25, -0.2) is 0 Å². The number of aliphatic hydroxyl groups is 1. The summed E-state index contributed by atoms with van der Waals surface area (Å²) < 4.78 is 5.21. The Balaban J connectivity index is 1.80. The highest BCUT2D eigenvalue weighted by Gasteiger charge is 2.22. The topological polar surface area (TPSA) is 79.5 Å². The fourth-order valence-corrected chi connectivity index (χ4v) is 2.62. The first-order valence-electron chi connectivity index (χ1n) is 7.30. The van der Waals surface area contributed by atoms with Crippen molar-refractivity contribution in [2.24, 2.45) is 0 Å². The Morgan fingerprint density at radius 2 is 2.20 bits per heavy atom. The SMILES string of the molecule is CC(O)CN(C)C(=O)CCc1nc(C2CCCC2)no1. The lowest BCUT2D eigenvalue weighted by Gasteiger charge is -2.18.